The second-order valence-corrected chi connectivity index (χ2v) is 3.96. The third kappa shape index (κ3) is 3.77. The van der Waals surface area contributed by atoms with E-state index in [0.717, 1.165) is 18.8 Å². The standard InChI is InChI=1S/C10H19NO2/c1-8-3-5-9(6-4-8)11-10(12)7-13-2/h8-9H,3-7H2,1-2H3,(H,11,12). The Morgan fingerprint density at radius 2 is 2.00 bits per heavy atom. The number of ether oxygens (including phenoxy) is 1. The van der Waals surface area contributed by atoms with E-state index in [1.54, 1.807) is 7.11 Å². The summed E-state index contributed by atoms with van der Waals surface area (Å²) in [5.41, 5.74) is 0. The van der Waals surface area contributed by atoms with Crippen molar-refractivity contribution in [2.75, 3.05) is 13.7 Å². The summed E-state index contributed by atoms with van der Waals surface area (Å²) in [6.07, 6.45) is 4.71. The van der Waals surface area contributed by atoms with Crippen LogP contribution in [0.4, 0.5) is 0 Å². The Morgan fingerprint density at radius 3 is 2.54 bits per heavy atom. The molecule has 1 aliphatic rings. The number of rotatable bonds is 3. The van der Waals surface area contributed by atoms with Gasteiger partial charge in [-0.15, -0.1) is 0 Å². The van der Waals surface area contributed by atoms with Crippen molar-refractivity contribution in [2.24, 2.45) is 5.92 Å². The molecule has 0 aromatic rings. The van der Waals surface area contributed by atoms with Gasteiger partial charge in [-0.05, 0) is 31.6 Å². The van der Waals surface area contributed by atoms with E-state index in [2.05, 4.69) is 12.2 Å². The zero-order valence-electron chi connectivity index (χ0n) is 8.51. The van der Waals surface area contributed by atoms with Gasteiger partial charge in [0.1, 0.15) is 6.61 Å². The number of hydrogen-bond donors (Lipinski definition) is 1. The van der Waals surface area contributed by atoms with Crippen LogP contribution in [0.5, 0.6) is 0 Å². The van der Waals surface area contributed by atoms with Crippen molar-refractivity contribution < 1.29 is 9.53 Å². The van der Waals surface area contributed by atoms with E-state index >= 15 is 0 Å². The lowest BCUT2D eigenvalue weighted by atomic mass is 9.87. The predicted octanol–water partition coefficient (Wildman–Crippen LogP) is 1.33. The van der Waals surface area contributed by atoms with Crippen LogP contribution in [0.3, 0.4) is 0 Å². The maximum Gasteiger partial charge on any atom is 0.246 e. The second-order valence-electron chi connectivity index (χ2n) is 3.96. The molecule has 13 heavy (non-hydrogen) atoms. The Labute approximate surface area is 79.8 Å². The molecule has 1 saturated carbocycles. The number of nitrogens with one attached hydrogen (secondary N) is 1. The molecule has 1 fully saturated rings. The average molecular weight is 185 g/mol. The van der Waals surface area contributed by atoms with Gasteiger partial charge in [0.15, 0.2) is 0 Å². The summed E-state index contributed by atoms with van der Waals surface area (Å²) in [7, 11) is 1.54. The highest BCUT2D eigenvalue weighted by atomic mass is 16.5. The first-order valence-electron chi connectivity index (χ1n) is 5.00. The quantitative estimate of drug-likeness (QED) is 0.720. The lowest BCUT2D eigenvalue weighted by Crippen LogP contribution is -2.39. The number of carbonyl (C=O) groups excluding carboxylic acids is 1. The highest BCUT2D eigenvalue weighted by Gasteiger charge is 2.19. The Kier molecular flexibility index (Phi) is 4.22. The summed E-state index contributed by atoms with van der Waals surface area (Å²) in [5, 5.41) is 2.98. The van der Waals surface area contributed by atoms with Gasteiger partial charge in [0.05, 0.1) is 0 Å². The van der Waals surface area contributed by atoms with Crippen molar-refractivity contribution >= 4 is 5.91 Å². The molecule has 0 atom stereocenters. The van der Waals surface area contributed by atoms with E-state index in [-0.39, 0.29) is 12.5 Å². The summed E-state index contributed by atoms with van der Waals surface area (Å²) in [6.45, 7) is 2.46. The largest absolute Gasteiger partial charge is 0.375 e. The van der Waals surface area contributed by atoms with Crippen molar-refractivity contribution in [3.63, 3.8) is 0 Å². The van der Waals surface area contributed by atoms with Crippen molar-refractivity contribution in [3.05, 3.63) is 0 Å². The molecule has 0 heterocycles. The van der Waals surface area contributed by atoms with Gasteiger partial charge in [0.2, 0.25) is 5.91 Å². The lowest BCUT2D eigenvalue weighted by Gasteiger charge is -2.26. The number of amides is 1. The molecule has 0 radical (unpaired) electrons. The molecule has 3 nitrogen and oxygen atoms in total. The minimum Gasteiger partial charge on any atom is -0.375 e. The summed E-state index contributed by atoms with van der Waals surface area (Å²) in [6, 6.07) is 0.388. The third-order valence-electron chi connectivity index (χ3n) is 2.66. The fourth-order valence-electron chi connectivity index (χ4n) is 1.80. The van der Waals surface area contributed by atoms with E-state index in [1.807, 2.05) is 0 Å². The second kappa shape index (κ2) is 5.22. The van der Waals surface area contributed by atoms with Gasteiger partial charge in [-0.25, -0.2) is 0 Å². The van der Waals surface area contributed by atoms with Crippen molar-refractivity contribution in [2.45, 2.75) is 38.6 Å². The Morgan fingerprint density at radius 1 is 1.38 bits per heavy atom. The van der Waals surface area contributed by atoms with Gasteiger partial charge in [0.25, 0.3) is 0 Å². The molecule has 1 amide bonds. The van der Waals surface area contributed by atoms with E-state index in [4.69, 9.17) is 4.74 Å². The Hall–Kier alpha value is -0.570. The molecule has 1 N–H and O–H groups in total. The van der Waals surface area contributed by atoms with Gasteiger partial charge in [-0.3, -0.25) is 4.79 Å². The van der Waals surface area contributed by atoms with Crippen molar-refractivity contribution in [1.82, 2.24) is 5.32 Å². The van der Waals surface area contributed by atoms with Crippen LogP contribution in [-0.4, -0.2) is 25.7 Å². The van der Waals surface area contributed by atoms with Crippen LogP contribution in [0.25, 0.3) is 0 Å². The number of hydrogen-bond acceptors (Lipinski definition) is 2. The van der Waals surface area contributed by atoms with Gasteiger partial charge in [-0.1, -0.05) is 6.92 Å². The molecule has 0 bridgehead atoms. The van der Waals surface area contributed by atoms with Gasteiger partial charge in [-0.2, -0.15) is 0 Å². The van der Waals surface area contributed by atoms with Crippen LogP contribution in [0.2, 0.25) is 0 Å². The zero-order valence-corrected chi connectivity index (χ0v) is 8.51. The number of carbonyl (C=O) groups is 1. The molecule has 0 aliphatic heterocycles. The van der Waals surface area contributed by atoms with E-state index < -0.39 is 0 Å². The van der Waals surface area contributed by atoms with Crippen LogP contribution in [-0.2, 0) is 9.53 Å². The fourth-order valence-corrected chi connectivity index (χ4v) is 1.80. The van der Waals surface area contributed by atoms with Gasteiger partial charge in [0, 0.05) is 13.2 Å². The van der Waals surface area contributed by atoms with Crippen molar-refractivity contribution in [1.29, 1.82) is 0 Å². The third-order valence-corrected chi connectivity index (χ3v) is 2.66. The molecule has 0 aromatic heterocycles. The molecule has 0 unspecified atom stereocenters. The van der Waals surface area contributed by atoms with Gasteiger partial charge >= 0.3 is 0 Å². The SMILES string of the molecule is COCC(=O)NC1CCC(C)CC1. The summed E-state index contributed by atoms with van der Waals surface area (Å²) in [4.78, 5) is 11.2. The highest BCUT2D eigenvalue weighted by molar-refractivity contribution is 5.77. The smallest absolute Gasteiger partial charge is 0.246 e. The minimum absolute atomic E-state index is 0.0158. The van der Waals surface area contributed by atoms with Gasteiger partial charge < -0.3 is 10.1 Å². The van der Waals surface area contributed by atoms with E-state index in [9.17, 15) is 4.79 Å². The van der Waals surface area contributed by atoms with E-state index in [0.29, 0.717) is 6.04 Å². The minimum atomic E-state index is 0.0158. The van der Waals surface area contributed by atoms with Crippen LogP contribution in [0, 0.1) is 5.92 Å². The molecular weight excluding hydrogens is 166 g/mol. The van der Waals surface area contributed by atoms with Crippen LogP contribution in [0.1, 0.15) is 32.6 Å². The molecule has 0 aromatic carbocycles. The molecule has 1 rings (SSSR count). The van der Waals surface area contributed by atoms with Crippen LogP contribution < -0.4 is 5.32 Å². The highest BCUT2D eigenvalue weighted by Crippen LogP contribution is 2.23. The average Bonchev–Trinajstić information content (AvgIpc) is 2.09. The molecular formula is C10H19NO2. The first kappa shape index (κ1) is 10.5. The maximum absolute atomic E-state index is 11.2. The molecule has 3 heteroatoms. The predicted molar refractivity (Wildman–Crippen MR) is 51.4 cm³/mol. The molecule has 0 saturated heterocycles. The fraction of sp³-hybridized carbons (Fsp3) is 0.900. The molecule has 0 spiro atoms. The zero-order chi connectivity index (χ0) is 9.68. The van der Waals surface area contributed by atoms with E-state index in [1.165, 1.54) is 12.8 Å². The van der Waals surface area contributed by atoms with Crippen LogP contribution >= 0.6 is 0 Å². The maximum atomic E-state index is 11.2. The van der Waals surface area contributed by atoms with Crippen molar-refractivity contribution in [3.8, 4) is 0 Å². The topological polar surface area (TPSA) is 38.3 Å². The van der Waals surface area contributed by atoms with Crippen LogP contribution in [0.15, 0.2) is 0 Å². The first-order valence-corrected chi connectivity index (χ1v) is 5.00. The normalized spacial score (nSPS) is 28.5. The molecule has 76 valence electrons. The lowest BCUT2D eigenvalue weighted by molar-refractivity contribution is -0.125. The Bertz CT molecular complexity index is 162. The first-order chi connectivity index (χ1) is 6.22. The Balaban J connectivity index is 2.18. The summed E-state index contributed by atoms with van der Waals surface area (Å²) < 4.78 is 4.75. The molecule has 1 aliphatic carbocycles. The monoisotopic (exact) mass is 185 g/mol. The number of methoxy groups -OCH3 is 1. The summed E-state index contributed by atoms with van der Waals surface area (Å²) >= 11 is 0. The summed E-state index contributed by atoms with van der Waals surface area (Å²) in [5.74, 6) is 0.845.